The van der Waals surface area contributed by atoms with Gasteiger partial charge in [0.25, 0.3) is 5.56 Å². The van der Waals surface area contributed by atoms with Crippen LogP contribution < -0.4 is 20.9 Å². The Morgan fingerprint density at radius 1 is 1.00 bits per heavy atom. The van der Waals surface area contributed by atoms with E-state index in [1.54, 1.807) is 30.0 Å². The van der Waals surface area contributed by atoms with Gasteiger partial charge >= 0.3 is 6.03 Å². The standard InChI is InChI=1S/C21H21N3O3/c1-27-18-10-5-9-17(13-18)15-24-12-6-11-19(20(24)25)23-21(26)22-14-16-7-3-2-4-8-16/h2-13H,14-15H2,1H3,(H2,22,23,26). The monoisotopic (exact) mass is 363 g/mol. The molecule has 2 aromatic carbocycles. The number of benzene rings is 2. The van der Waals surface area contributed by atoms with Gasteiger partial charge in [0.05, 0.1) is 13.7 Å². The van der Waals surface area contributed by atoms with E-state index >= 15 is 0 Å². The summed E-state index contributed by atoms with van der Waals surface area (Å²) in [6, 6.07) is 20.0. The van der Waals surface area contributed by atoms with Gasteiger partial charge in [0.15, 0.2) is 0 Å². The van der Waals surface area contributed by atoms with E-state index in [2.05, 4.69) is 10.6 Å². The molecule has 0 aliphatic carbocycles. The molecule has 0 saturated carbocycles. The molecule has 1 heterocycles. The molecule has 3 aromatic rings. The molecule has 0 atom stereocenters. The molecule has 0 unspecified atom stereocenters. The lowest BCUT2D eigenvalue weighted by atomic mass is 10.2. The summed E-state index contributed by atoms with van der Waals surface area (Å²) < 4.78 is 6.75. The van der Waals surface area contributed by atoms with Crippen molar-refractivity contribution in [3.05, 3.63) is 94.4 Å². The van der Waals surface area contributed by atoms with Gasteiger partial charge in [-0.15, -0.1) is 0 Å². The van der Waals surface area contributed by atoms with E-state index in [0.717, 1.165) is 16.9 Å². The number of rotatable bonds is 6. The maximum absolute atomic E-state index is 12.6. The number of amides is 2. The number of ether oxygens (including phenoxy) is 1. The first kappa shape index (κ1) is 18.3. The molecule has 0 bridgehead atoms. The Balaban J connectivity index is 1.67. The summed E-state index contributed by atoms with van der Waals surface area (Å²) in [6.45, 7) is 0.773. The second kappa shape index (κ2) is 8.71. The SMILES string of the molecule is COc1cccc(Cn2cccc(NC(=O)NCc3ccccc3)c2=O)c1. The van der Waals surface area contributed by atoms with Crippen LogP contribution in [0.1, 0.15) is 11.1 Å². The van der Waals surface area contributed by atoms with Crippen molar-refractivity contribution in [3.63, 3.8) is 0 Å². The summed E-state index contributed by atoms with van der Waals surface area (Å²) in [5.74, 6) is 0.732. The molecule has 0 aliphatic rings. The minimum Gasteiger partial charge on any atom is -0.497 e. The summed E-state index contributed by atoms with van der Waals surface area (Å²) in [7, 11) is 1.60. The summed E-state index contributed by atoms with van der Waals surface area (Å²) in [6.07, 6.45) is 1.69. The van der Waals surface area contributed by atoms with Crippen LogP contribution in [0.5, 0.6) is 5.75 Å². The molecule has 0 saturated heterocycles. The van der Waals surface area contributed by atoms with Gasteiger partial charge in [-0.25, -0.2) is 4.79 Å². The van der Waals surface area contributed by atoms with Gasteiger partial charge in [-0.05, 0) is 35.4 Å². The summed E-state index contributed by atoms with van der Waals surface area (Å²) in [5, 5.41) is 5.37. The van der Waals surface area contributed by atoms with E-state index in [9.17, 15) is 9.59 Å². The smallest absolute Gasteiger partial charge is 0.319 e. The molecular weight excluding hydrogens is 342 g/mol. The van der Waals surface area contributed by atoms with Crippen LogP contribution in [0.2, 0.25) is 0 Å². The van der Waals surface area contributed by atoms with Crippen molar-refractivity contribution in [1.29, 1.82) is 0 Å². The number of carbonyl (C=O) groups excluding carboxylic acids is 1. The third-order valence-electron chi connectivity index (χ3n) is 4.05. The number of urea groups is 1. The molecule has 0 radical (unpaired) electrons. The first-order chi connectivity index (χ1) is 13.2. The van der Waals surface area contributed by atoms with Crippen molar-refractivity contribution in [2.24, 2.45) is 0 Å². The first-order valence-electron chi connectivity index (χ1n) is 8.57. The van der Waals surface area contributed by atoms with Crippen LogP contribution in [0.25, 0.3) is 0 Å². The Kier molecular flexibility index (Phi) is 5.89. The van der Waals surface area contributed by atoms with Gasteiger partial charge < -0.3 is 19.9 Å². The topological polar surface area (TPSA) is 72.4 Å². The van der Waals surface area contributed by atoms with E-state index in [0.29, 0.717) is 13.1 Å². The Hall–Kier alpha value is -3.54. The lowest BCUT2D eigenvalue weighted by Gasteiger charge is -2.11. The average molecular weight is 363 g/mol. The average Bonchev–Trinajstić information content (AvgIpc) is 2.70. The molecule has 2 amide bonds. The van der Waals surface area contributed by atoms with E-state index in [1.165, 1.54) is 0 Å². The van der Waals surface area contributed by atoms with Crippen molar-refractivity contribution in [3.8, 4) is 5.75 Å². The molecule has 0 fully saturated rings. The number of hydrogen-bond donors (Lipinski definition) is 2. The fourth-order valence-electron chi connectivity index (χ4n) is 2.67. The molecule has 0 aliphatic heterocycles. The van der Waals surface area contributed by atoms with Gasteiger partial charge in [0, 0.05) is 12.7 Å². The lowest BCUT2D eigenvalue weighted by molar-refractivity contribution is 0.251. The van der Waals surface area contributed by atoms with Crippen LogP contribution in [0.15, 0.2) is 77.7 Å². The van der Waals surface area contributed by atoms with Crippen LogP contribution >= 0.6 is 0 Å². The highest BCUT2D eigenvalue weighted by atomic mass is 16.5. The first-order valence-corrected chi connectivity index (χ1v) is 8.57. The highest BCUT2D eigenvalue weighted by molar-refractivity contribution is 5.88. The fourth-order valence-corrected chi connectivity index (χ4v) is 2.67. The molecule has 27 heavy (non-hydrogen) atoms. The van der Waals surface area contributed by atoms with E-state index in [-0.39, 0.29) is 11.2 Å². The number of hydrogen-bond acceptors (Lipinski definition) is 3. The zero-order valence-electron chi connectivity index (χ0n) is 15.0. The van der Waals surface area contributed by atoms with Crippen LogP contribution in [0.3, 0.4) is 0 Å². The summed E-state index contributed by atoms with van der Waals surface area (Å²) in [5.41, 5.74) is 1.87. The molecule has 2 N–H and O–H groups in total. The number of methoxy groups -OCH3 is 1. The number of anilines is 1. The molecule has 3 rings (SSSR count). The number of pyridine rings is 1. The number of aromatic nitrogens is 1. The third kappa shape index (κ3) is 4.98. The van der Waals surface area contributed by atoms with Gasteiger partial charge in [-0.1, -0.05) is 42.5 Å². The third-order valence-corrected chi connectivity index (χ3v) is 4.05. The minimum atomic E-state index is -0.421. The van der Waals surface area contributed by atoms with Gasteiger partial charge in [0.2, 0.25) is 0 Å². The Bertz CT molecular complexity index is 968. The molecule has 138 valence electrons. The molecule has 1 aromatic heterocycles. The molecular formula is C21H21N3O3. The molecule has 0 spiro atoms. The van der Waals surface area contributed by atoms with Crippen LogP contribution in [0, 0.1) is 0 Å². The largest absolute Gasteiger partial charge is 0.497 e. The normalized spacial score (nSPS) is 10.3. The second-order valence-electron chi connectivity index (χ2n) is 6.00. The maximum atomic E-state index is 12.6. The zero-order valence-corrected chi connectivity index (χ0v) is 15.0. The number of nitrogens with zero attached hydrogens (tertiary/aromatic N) is 1. The zero-order chi connectivity index (χ0) is 19.1. The van der Waals surface area contributed by atoms with Crippen molar-refractivity contribution in [2.75, 3.05) is 12.4 Å². The van der Waals surface area contributed by atoms with E-state index < -0.39 is 6.03 Å². The molecule has 6 nitrogen and oxygen atoms in total. The van der Waals surface area contributed by atoms with Crippen LogP contribution in [-0.2, 0) is 13.1 Å². The van der Waals surface area contributed by atoms with Gasteiger partial charge in [-0.2, -0.15) is 0 Å². The number of carbonyl (C=O) groups is 1. The highest BCUT2D eigenvalue weighted by Crippen LogP contribution is 2.13. The second-order valence-corrected chi connectivity index (χ2v) is 6.00. The lowest BCUT2D eigenvalue weighted by Crippen LogP contribution is -2.32. The summed E-state index contributed by atoms with van der Waals surface area (Å²) in [4.78, 5) is 24.7. The maximum Gasteiger partial charge on any atom is 0.319 e. The quantitative estimate of drug-likeness (QED) is 0.706. The van der Waals surface area contributed by atoms with Gasteiger partial charge in [-0.3, -0.25) is 4.79 Å². The predicted octanol–water partition coefficient (Wildman–Crippen LogP) is 3.23. The van der Waals surface area contributed by atoms with Crippen LogP contribution in [-0.4, -0.2) is 17.7 Å². The van der Waals surface area contributed by atoms with Crippen molar-refractivity contribution in [2.45, 2.75) is 13.1 Å². The summed E-state index contributed by atoms with van der Waals surface area (Å²) >= 11 is 0. The Morgan fingerprint density at radius 3 is 2.56 bits per heavy atom. The van der Waals surface area contributed by atoms with E-state index in [4.69, 9.17) is 4.74 Å². The minimum absolute atomic E-state index is 0.228. The van der Waals surface area contributed by atoms with E-state index in [1.807, 2.05) is 54.6 Å². The fraction of sp³-hybridized carbons (Fsp3) is 0.143. The Morgan fingerprint density at radius 2 is 1.78 bits per heavy atom. The van der Waals surface area contributed by atoms with Crippen molar-refractivity contribution in [1.82, 2.24) is 9.88 Å². The number of nitrogens with one attached hydrogen (secondary N) is 2. The predicted molar refractivity (Wildman–Crippen MR) is 105 cm³/mol. The van der Waals surface area contributed by atoms with Crippen molar-refractivity contribution >= 4 is 11.7 Å². The van der Waals surface area contributed by atoms with Gasteiger partial charge in [0.1, 0.15) is 11.4 Å². The molecule has 6 heteroatoms. The Labute approximate surface area is 157 Å². The highest BCUT2D eigenvalue weighted by Gasteiger charge is 2.08. The van der Waals surface area contributed by atoms with Crippen LogP contribution in [0.4, 0.5) is 10.5 Å². The van der Waals surface area contributed by atoms with Crippen molar-refractivity contribution < 1.29 is 9.53 Å².